The molecule has 21 heavy (non-hydrogen) atoms. The van der Waals surface area contributed by atoms with Gasteiger partial charge in [-0.2, -0.15) is 0 Å². The number of anilines is 1. The first-order valence-corrected chi connectivity index (χ1v) is 7.21. The molecule has 1 saturated carbocycles. The average Bonchev–Trinajstić information content (AvgIpc) is 2.45. The molecule has 1 aromatic heterocycles. The van der Waals surface area contributed by atoms with E-state index in [1.54, 1.807) is 13.8 Å². The Morgan fingerprint density at radius 2 is 2.24 bits per heavy atom. The van der Waals surface area contributed by atoms with Crippen LogP contribution in [0.2, 0.25) is 0 Å². The van der Waals surface area contributed by atoms with Crippen molar-refractivity contribution in [3.05, 3.63) is 17.5 Å². The van der Waals surface area contributed by atoms with Gasteiger partial charge in [-0.05, 0) is 27.2 Å². The van der Waals surface area contributed by atoms with Crippen LogP contribution in [-0.2, 0) is 9.47 Å². The Labute approximate surface area is 124 Å². The molecule has 7 nitrogen and oxygen atoms in total. The molecular weight excluding hydrogens is 272 g/mol. The number of aromatic nitrogens is 2. The minimum atomic E-state index is -0.408. The van der Waals surface area contributed by atoms with Crippen molar-refractivity contribution >= 4 is 11.9 Å². The van der Waals surface area contributed by atoms with Gasteiger partial charge in [-0.1, -0.05) is 0 Å². The van der Waals surface area contributed by atoms with E-state index in [0.717, 1.165) is 6.42 Å². The molecule has 7 heteroatoms. The van der Waals surface area contributed by atoms with Crippen molar-refractivity contribution < 1.29 is 14.3 Å². The molecule has 0 aromatic carbocycles. The summed E-state index contributed by atoms with van der Waals surface area (Å²) in [4.78, 5) is 20.1. The molecule has 0 bridgehead atoms. The van der Waals surface area contributed by atoms with Crippen molar-refractivity contribution in [3.8, 4) is 0 Å². The van der Waals surface area contributed by atoms with Gasteiger partial charge in [0, 0.05) is 18.8 Å². The lowest BCUT2D eigenvalue weighted by Gasteiger charge is -2.42. The van der Waals surface area contributed by atoms with E-state index < -0.39 is 5.97 Å². The Balaban J connectivity index is 2.05. The summed E-state index contributed by atoms with van der Waals surface area (Å²) in [6.07, 6.45) is 2.38. The van der Waals surface area contributed by atoms with E-state index in [9.17, 15) is 4.79 Å². The highest BCUT2D eigenvalue weighted by Crippen LogP contribution is 2.25. The van der Waals surface area contributed by atoms with Crippen LogP contribution < -0.4 is 11.1 Å². The lowest BCUT2D eigenvalue weighted by Crippen LogP contribution is -2.60. The Kier molecular flexibility index (Phi) is 5.08. The first-order chi connectivity index (χ1) is 10.1. The summed E-state index contributed by atoms with van der Waals surface area (Å²) < 4.78 is 10.5. The van der Waals surface area contributed by atoms with Crippen LogP contribution >= 0.6 is 0 Å². The smallest absolute Gasteiger partial charge is 0.341 e. The number of nitrogens with zero attached hydrogens (tertiary/aromatic N) is 2. The van der Waals surface area contributed by atoms with Crippen LogP contribution in [-0.4, -0.2) is 47.3 Å². The lowest BCUT2D eigenvalue weighted by atomic mass is 9.83. The van der Waals surface area contributed by atoms with Gasteiger partial charge in [-0.15, -0.1) is 0 Å². The second-order valence-electron chi connectivity index (χ2n) is 4.98. The third-order valence-corrected chi connectivity index (χ3v) is 3.52. The Hall–Kier alpha value is -1.73. The fourth-order valence-corrected chi connectivity index (χ4v) is 2.32. The number of ether oxygens (including phenoxy) is 2. The number of nitrogens with two attached hydrogens (primary N) is 1. The Morgan fingerprint density at radius 3 is 2.81 bits per heavy atom. The van der Waals surface area contributed by atoms with E-state index in [1.165, 1.54) is 6.20 Å². The Morgan fingerprint density at radius 1 is 1.48 bits per heavy atom. The van der Waals surface area contributed by atoms with E-state index >= 15 is 0 Å². The number of hydrogen-bond donors (Lipinski definition) is 2. The van der Waals surface area contributed by atoms with Gasteiger partial charge < -0.3 is 20.5 Å². The van der Waals surface area contributed by atoms with Gasteiger partial charge in [0.15, 0.2) is 0 Å². The number of hydrogen-bond acceptors (Lipinski definition) is 7. The normalized spacial score (nSPS) is 24.3. The van der Waals surface area contributed by atoms with Gasteiger partial charge in [0.1, 0.15) is 0 Å². The zero-order valence-electron chi connectivity index (χ0n) is 12.6. The standard InChI is InChI=1S/C14H22N4O3/c1-4-20-11-6-10(15)12(11)18-14-16-7-9(8(3)17-14)13(19)21-5-2/h7,10-12H,4-6,15H2,1-3H3,(H,16,17,18). The first-order valence-electron chi connectivity index (χ1n) is 7.21. The molecule has 3 unspecified atom stereocenters. The van der Waals surface area contributed by atoms with Crippen molar-refractivity contribution in [2.45, 2.75) is 45.4 Å². The van der Waals surface area contributed by atoms with Crippen LogP contribution in [0, 0.1) is 6.92 Å². The predicted octanol–water partition coefficient (Wildman–Crippen LogP) is 0.878. The predicted molar refractivity (Wildman–Crippen MR) is 78.1 cm³/mol. The highest BCUT2D eigenvalue weighted by molar-refractivity contribution is 5.90. The SMILES string of the molecule is CCOC(=O)c1cnc(NC2C(N)CC2OCC)nc1C. The van der Waals surface area contributed by atoms with Crippen molar-refractivity contribution in [2.75, 3.05) is 18.5 Å². The van der Waals surface area contributed by atoms with Crippen LogP contribution in [0.25, 0.3) is 0 Å². The number of esters is 1. The summed E-state index contributed by atoms with van der Waals surface area (Å²) >= 11 is 0. The molecule has 0 radical (unpaired) electrons. The number of carbonyl (C=O) groups excluding carboxylic acids is 1. The molecule has 3 N–H and O–H groups in total. The highest BCUT2D eigenvalue weighted by Gasteiger charge is 2.39. The monoisotopic (exact) mass is 294 g/mol. The molecule has 1 aliphatic carbocycles. The van der Waals surface area contributed by atoms with Crippen molar-refractivity contribution in [2.24, 2.45) is 5.73 Å². The zero-order valence-corrected chi connectivity index (χ0v) is 12.6. The summed E-state index contributed by atoms with van der Waals surface area (Å²) in [6.45, 7) is 6.44. The quantitative estimate of drug-likeness (QED) is 0.751. The maximum absolute atomic E-state index is 11.7. The number of rotatable bonds is 6. The molecule has 0 spiro atoms. The molecule has 1 fully saturated rings. The zero-order chi connectivity index (χ0) is 15.4. The van der Waals surface area contributed by atoms with E-state index in [1.807, 2.05) is 6.92 Å². The fraction of sp³-hybridized carbons (Fsp3) is 0.643. The molecule has 1 aliphatic rings. The molecule has 1 heterocycles. The van der Waals surface area contributed by atoms with E-state index in [2.05, 4.69) is 15.3 Å². The highest BCUT2D eigenvalue weighted by atomic mass is 16.5. The third kappa shape index (κ3) is 3.48. The molecule has 0 aliphatic heterocycles. The maximum atomic E-state index is 11.7. The molecule has 116 valence electrons. The van der Waals surface area contributed by atoms with E-state index in [4.69, 9.17) is 15.2 Å². The Bertz CT molecular complexity index is 507. The third-order valence-electron chi connectivity index (χ3n) is 3.52. The summed E-state index contributed by atoms with van der Waals surface area (Å²) in [5.74, 6) is 0.0412. The second-order valence-corrected chi connectivity index (χ2v) is 4.98. The van der Waals surface area contributed by atoms with E-state index in [0.29, 0.717) is 30.4 Å². The number of carbonyl (C=O) groups is 1. The number of nitrogens with one attached hydrogen (secondary N) is 1. The maximum Gasteiger partial charge on any atom is 0.341 e. The minimum absolute atomic E-state index is 0.00204. The van der Waals surface area contributed by atoms with Gasteiger partial charge in [-0.25, -0.2) is 14.8 Å². The summed E-state index contributed by atoms with van der Waals surface area (Å²) in [7, 11) is 0. The molecular formula is C14H22N4O3. The van der Waals surface area contributed by atoms with Gasteiger partial charge in [0.05, 0.1) is 30.0 Å². The van der Waals surface area contributed by atoms with Gasteiger partial charge in [0.2, 0.25) is 5.95 Å². The largest absolute Gasteiger partial charge is 0.462 e. The minimum Gasteiger partial charge on any atom is -0.462 e. The number of aryl methyl sites for hydroxylation is 1. The van der Waals surface area contributed by atoms with Crippen LogP contribution in [0.4, 0.5) is 5.95 Å². The summed E-state index contributed by atoms with van der Waals surface area (Å²) in [6, 6.07) is 0.0213. The van der Waals surface area contributed by atoms with Gasteiger partial charge in [0.25, 0.3) is 0 Å². The summed E-state index contributed by atoms with van der Waals surface area (Å²) in [5.41, 5.74) is 6.93. The summed E-state index contributed by atoms with van der Waals surface area (Å²) in [5, 5.41) is 3.18. The van der Waals surface area contributed by atoms with Crippen molar-refractivity contribution in [3.63, 3.8) is 0 Å². The molecule has 1 aromatic rings. The van der Waals surface area contributed by atoms with Crippen molar-refractivity contribution in [1.82, 2.24) is 9.97 Å². The fourth-order valence-electron chi connectivity index (χ4n) is 2.32. The lowest BCUT2D eigenvalue weighted by molar-refractivity contribution is -0.0128. The molecule has 0 saturated heterocycles. The van der Waals surface area contributed by atoms with Crippen LogP contribution in [0.3, 0.4) is 0 Å². The topological polar surface area (TPSA) is 99.4 Å². The van der Waals surface area contributed by atoms with Crippen molar-refractivity contribution in [1.29, 1.82) is 0 Å². The molecule has 3 atom stereocenters. The van der Waals surface area contributed by atoms with Crippen LogP contribution in [0.1, 0.15) is 36.3 Å². The van der Waals surface area contributed by atoms with Gasteiger partial charge in [-0.3, -0.25) is 0 Å². The second kappa shape index (κ2) is 6.82. The average molecular weight is 294 g/mol. The molecule has 2 rings (SSSR count). The molecule has 0 amide bonds. The van der Waals surface area contributed by atoms with E-state index in [-0.39, 0.29) is 18.2 Å². The van der Waals surface area contributed by atoms with Crippen LogP contribution in [0.5, 0.6) is 0 Å². The van der Waals surface area contributed by atoms with Crippen LogP contribution in [0.15, 0.2) is 6.20 Å². The first kappa shape index (κ1) is 15.7. The van der Waals surface area contributed by atoms with Gasteiger partial charge >= 0.3 is 5.97 Å².